The van der Waals surface area contributed by atoms with E-state index in [0.29, 0.717) is 17.1 Å². The Balaban J connectivity index is 1.83. The van der Waals surface area contributed by atoms with E-state index in [2.05, 4.69) is 16.0 Å². The third kappa shape index (κ3) is 8.77. The molecule has 0 aliphatic carbocycles. The molecule has 0 aliphatic heterocycles. The van der Waals surface area contributed by atoms with Gasteiger partial charge in [0, 0.05) is 11.4 Å². The molecule has 3 amide bonds. The van der Waals surface area contributed by atoms with Crippen molar-refractivity contribution in [2.75, 3.05) is 23.8 Å². The van der Waals surface area contributed by atoms with Crippen molar-refractivity contribution >= 4 is 29.3 Å². The number of carbonyl (C=O) groups is 3. The Morgan fingerprint density at radius 3 is 2.19 bits per heavy atom. The van der Waals surface area contributed by atoms with Crippen molar-refractivity contribution in [3.8, 4) is 5.75 Å². The van der Waals surface area contributed by atoms with Gasteiger partial charge < -0.3 is 25.4 Å². The number of hydrogen-bond donors (Lipinski definition) is 3. The number of ether oxygens (including phenoxy) is 2. The fourth-order valence-electron chi connectivity index (χ4n) is 2.62. The van der Waals surface area contributed by atoms with E-state index in [0.717, 1.165) is 12.0 Å². The summed E-state index contributed by atoms with van der Waals surface area (Å²) >= 11 is 0. The first kappa shape index (κ1) is 23.7. The molecule has 2 rings (SSSR count). The lowest BCUT2D eigenvalue weighted by atomic mass is 10.1. The second-order valence-corrected chi connectivity index (χ2v) is 7.78. The highest BCUT2D eigenvalue weighted by molar-refractivity contribution is 5.96. The maximum atomic E-state index is 12.2. The smallest absolute Gasteiger partial charge is 0.408 e. The van der Waals surface area contributed by atoms with Crippen molar-refractivity contribution in [2.45, 2.75) is 39.7 Å². The monoisotopic (exact) mass is 427 g/mol. The molecule has 0 spiro atoms. The number of para-hydroxylation sites is 1. The Kier molecular flexibility index (Phi) is 8.43. The van der Waals surface area contributed by atoms with Crippen molar-refractivity contribution < 1.29 is 23.9 Å². The lowest BCUT2D eigenvalue weighted by Crippen LogP contribution is -2.37. The molecule has 3 N–H and O–H groups in total. The first-order valence-corrected chi connectivity index (χ1v) is 10.0. The van der Waals surface area contributed by atoms with E-state index in [1.54, 1.807) is 45.0 Å². The third-order valence-corrected chi connectivity index (χ3v) is 3.93. The van der Waals surface area contributed by atoms with E-state index in [1.807, 2.05) is 31.2 Å². The molecule has 2 aromatic carbocycles. The Labute approximate surface area is 182 Å². The first-order valence-electron chi connectivity index (χ1n) is 10.0. The number of amides is 3. The number of hydrogen-bond acceptors (Lipinski definition) is 5. The average molecular weight is 428 g/mol. The molecule has 0 bridgehead atoms. The number of benzene rings is 2. The molecule has 8 nitrogen and oxygen atoms in total. The van der Waals surface area contributed by atoms with Gasteiger partial charge >= 0.3 is 6.09 Å². The molecule has 0 aromatic heterocycles. The molecule has 2 aromatic rings. The topological polar surface area (TPSA) is 106 Å². The molecular formula is C23H29N3O5. The van der Waals surface area contributed by atoms with Gasteiger partial charge in [-0.1, -0.05) is 31.2 Å². The number of aryl methyl sites for hydroxylation is 1. The summed E-state index contributed by atoms with van der Waals surface area (Å²) in [6.07, 6.45) is 0.135. The van der Waals surface area contributed by atoms with Crippen LogP contribution in [0.1, 0.15) is 33.3 Å². The van der Waals surface area contributed by atoms with Crippen molar-refractivity contribution in [3.05, 3.63) is 54.1 Å². The maximum absolute atomic E-state index is 12.2. The predicted octanol–water partition coefficient (Wildman–Crippen LogP) is 3.73. The van der Waals surface area contributed by atoms with Crippen LogP contribution >= 0.6 is 0 Å². The van der Waals surface area contributed by atoms with Crippen LogP contribution in [0.3, 0.4) is 0 Å². The van der Waals surface area contributed by atoms with Crippen LogP contribution in [0.25, 0.3) is 0 Å². The minimum atomic E-state index is -0.673. The fraction of sp³-hybridized carbons (Fsp3) is 0.348. The molecule has 0 unspecified atom stereocenters. The van der Waals surface area contributed by atoms with Crippen LogP contribution in [0.4, 0.5) is 16.2 Å². The van der Waals surface area contributed by atoms with E-state index < -0.39 is 17.6 Å². The summed E-state index contributed by atoms with van der Waals surface area (Å²) in [5, 5.41) is 7.78. The minimum Gasteiger partial charge on any atom is -0.483 e. The minimum absolute atomic E-state index is 0.132. The van der Waals surface area contributed by atoms with Gasteiger partial charge in [0.05, 0.1) is 0 Å². The van der Waals surface area contributed by atoms with Gasteiger partial charge in [-0.25, -0.2) is 4.79 Å². The predicted molar refractivity (Wildman–Crippen MR) is 119 cm³/mol. The van der Waals surface area contributed by atoms with E-state index in [-0.39, 0.29) is 19.1 Å². The van der Waals surface area contributed by atoms with Crippen LogP contribution < -0.4 is 20.7 Å². The van der Waals surface area contributed by atoms with E-state index in [9.17, 15) is 14.4 Å². The zero-order valence-corrected chi connectivity index (χ0v) is 18.3. The molecule has 8 heteroatoms. The molecule has 0 heterocycles. The summed E-state index contributed by atoms with van der Waals surface area (Å²) in [4.78, 5) is 35.9. The normalized spacial score (nSPS) is 10.7. The van der Waals surface area contributed by atoms with Gasteiger partial charge in [0.2, 0.25) is 5.91 Å². The summed E-state index contributed by atoms with van der Waals surface area (Å²) in [7, 11) is 0. The van der Waals surface area contributed by atoms with Crippen molar-refractivity contribution in [1.29, 1.82) is 0 Å². The Hall–Kier alpha value is -3.55. The van der Waals surface area contributed by atoms with Crippen LogP contribution in [-0.2, 0) is 20.7 Å². The van der Waals surface area contributed by atoms with Gasteiger partial charge in [0.1, 0.15) is 17.9 Å². The third-order valence-electron chi connectivity index (χ3n) is 3.93. The summed E-state index contributed by atoms with van der Waals surface area (Å²) in [5.41, 5.74) is 1.37. The molecule has 0 saturated heterocycles. The second-order valence-electron chi connectivity index (χ2n) is 7.78. The van der Waals surface area contributed by atoms with Gasteiger partial charge in [-0.3, -0.25) is 9.59 Å². The largest absolute Gasteiger partial charge is 0.483 e. The van der Waals surface area contributed by atoms with Crippen molar-refractivity contribution in [2.24, 2.45) is 0 Å². The molecule has 0 aliphatic rings. The number of anilines is 2. The Morgan fingerprint density at radius 2 is 1.55 bits per heavy atom. The highest BCUT2D eigenvalue weighted by Crippen LogP contribution is 2.19. The highest BCUT2D eigenvalue weighted by atomic mass is 16.6. The molecule has 0 saturated carbocycles. The lowest BCUT2D eigenvalue weighted by Gasteiger charge is -2.19. The van der Waals surface area contributed by atoms with Crippen LogP contribution in [-0.4, -0.2) is 36.7 Å². The van der Waals surface area contributed by atoms with Crippen LogP contribution in [0, 0.1) is 0 Å². The van der Waals surface area contributed by atoms with Crippen molar-refractivity contribution in [1.82, 2.24) is 5.32 Å². The zero-order valence-electron chi connectivity index (χ0n) is 18.3. The maximum Gasteiger partial charge on any atom is 0.408 e. The van der Waals surface area contributed by atoms with Crippen molar-refractivity contribution in [3.63, 3.8) is 0 Å². The van der Waals surface area contributed by atoms with Gasteiger partial charge in [-0.2, -0.15) is 0 Å². The SMILES string of the molecule is CCc1ccccc1OCC(=O)Nc1cccc(NC(=O)CNC(=O)OC(C)(C)C)c1. The number of alkyl carbamates (subject to hydrolysis) is 1. The van der Waals surface area contributed by atoms with E-state index in [1.165, 1.54) is 0 Å². The summed E-state index contributed by atoms with van der Waals surface area (Å²) in [6.45, 7) is 6.86. The number of carbonyl (C=O) groups excluding carboxylic acids is 3. The van der Waals surface area contributed by atoms with E-state index >= 15 is 0 Å². The highest BCUT2D eigenvalue weighted by Gasteiger charge is 2.16. The Morgan fingerprint density at radius 1 is 0.903 bits per heavy atom. The van der Waals surface area contributed by atoms with Crippen LogP contribution in [0.15, 0.2) is 48.5 Å². The number of nitrogens with one attached hydrogen (secondary N) is 3. The summed E-state index contributed by atoms with van der Waals surface area (Å²) in [5.74, 6) is -0.0616. The molecular weight excluding hydrogens is 398 g/mol. The lowest BCUT2D eigenvalue weighted by molar-refractivity contribution is -0.118. The number of rotatable bonds is 8. The average Bonchev–Trinajstić information content (AvgIpc) is 2.70. The zero-order chi connectivity index (χ0) is 22.9. The molecule has 31 heavy (non-hydrogen) atoms. The van der Waals surface area contributed by atoms with Gasteiger partial charge in [0.25, 0.3) is 5.91 Å². The molecule has 0 radical (unpaired) electrons. The van der Waals surface area contributed by atoms with Gasteiger partial charge in [-0.05, 0) is 57.0 Å². The fourth-order valence-corrected chi connectivity index (χ4v) is 2.62. The molecule has 166 valence electrons. The standard InChI is InChI=1S/C23H29N3O5/c1-5-16-9-6-7-12-19(16)30-15-21(28)26-18-11-8-10-17(13-18)25-20(27)14-24-22(29)31-23(2,3)4/h6-13H,5,14-15H2,1-4H3,(H,24,29)(H,25,27)(H,26,28). The second kappa shape index (κ2) is 11.0. The van der Waals surface area contributed by atoms with Gasteiger partial charge in [0.15, 0.2) is 6.61 Å². The van der Waals surface area contributed by atoms with E-state index in [4.69, 9.17) is 9.47 Å². The van der Waals surface area contributed by atoms with Crippen LogP contribution in [0.5, 0.6) is 5.75 Å². The summed E-state index contributed by atoms with van der Waals surface area (Å²) in [6, 6.07) is 14.3. The van der Waals surface area contributed by atoms with Crippen LogP contribution in [0.2, 0.25) is 0 Å². The Bertz CT molecular complexity index is 921. The summed E-state index contributed by atoms with van der Waals surface area (Å²) < 4.78 is 10.7. The first-order chi connectivity index (χ1) is 14.7. The quantitative estimate of drug-likeness (QED) is 0.595. The molecule has 0 fully saturated rings. The molecule has 0 atom stereocenters. The van der Waals surface area contributed by atoms with Gasteiger partial charge in [-0.15, -0.1) is 0 Å².